The topological polar surface area (TPSA) is 100 Å². The molecule has 0 radical (unpaired) electrons. The second-order valence-electron chi connectivity index (χ2n) is 6.89. The third-order valence-corrected chi connectivity index (χ3v) is 4.56. The maximum atomic E-state index is 6.04. The molecule has 3 heterocycles. The largest absolute Gasteiger partial charge is 0.366 e. The Kier molecular flexibility index (Phi) is 6.10. The van der Waals surface area contributed by atoms with Crippen molar-refractivity contribution < 1.29 is 8.92 Å². The second kappa shape index (κ2) is 8.31. The first-order valence-corrected chi connectivity index (χ1v) is 9.46. The van der Waals surface area contributed by atoms with Gasteiger partial charge in [0.15, 0.2) is 17.0 Å². The fourth-order valence-electron chi connectivity index (χ4n) is 3.30. The van der Waals surface area contributed by atoms with Crippen LogP contribution < -0.4 is 10.5 Å². The Bertz CT molecular complexity index is 694. The van der Waals surface area contributed by atoms with Crippen LogP contribution in [0.3, 0.4) is 0 Å². The van der Waals surface area contributed by atoms with Gasteiger partial charge in [-0.3, -0.25) is 13.9 Å². The molecule has 0 saturated carbocycles. The van der Waals surface area contributed by atoms with Crippen LogP contribution in [0.5, 0.6) is 0 Å². The van der Waals surface area contributed by atoms with E-state index in [1.807, 2.05) is 4.57 Å². The summed E-state index contributed by atoms with van der Waals surface area (Å²) in [5.41, 5.74) is 1.56. The molecule has 1 aliphatic rings. The molecule has 3 unspecified atom stereocenters. The van der Waals surface area contributed by atoms with E-state index >= 15 is 0 Å². The summed E-state index contributed by atoms with van der Waals surface area (Å²) in [6, 6.07) is 0.321. The second-order valence-corrected chi connectivity index (χ2v) is 7.32. The number of hydrogen-bond donors (Lipinski definition) is 2. The number of rotatable bonds is 8. The van der Waals surface area contributed by atoms with Crippen LogP contribution in [0.2, 0.25) is 0 Å². The number of hydrogen-bond acceptors (Lipinski definition) is 8. The van der Waals surface area contributed by atoms with Gasteiger partial charge < -0.3 is 10.1 Å². The van der Waals surface area contributed by atoms with Gasteiger partial charge in [0.2, 0.25) is 0 Å². The van der Waals surface area contributed by atoms with Gasteiger partial charge in [0.05, 0.1) is 31.3 Å². The minimum absolute atomic E-state index is 0.0454. The molecule has 3 atom stereocenters. The highest BCUT2D eigenvalue weighted by molar-refractivity contribution is 7.92. The fourth-order valence-corrected chi connectivity index (χ4v) is 3.53. The molecule has 25 heavy (non-hydrogen) atoms. The van der Waals surface area contributed by atoms with Crippen molar-refractivity contribution in [1.82, 2.24) is 19.5 Å². The predicted octanol–water partition coefficient (Wildman–Crippen LogP) is 2.89. The minimum Gasteiger partial charge on any atom is -0.366 e. The van der Waals surface area contributed by atoms with E-state index < -0.39 is 0 Å². The van der Waals surface area contributed by atoms with Crippen molar-refractivity contribution in [1.29, 1.82) is 0 Å². The summed E-state index contributed by atoms with van der Waals surface area (Å²) >= 11 is 0.873. The fraction of sp³-hybridized carbons (Fsp3) is 0.688. The predicted molar refractivity (Wildman–Crippen MR) is 98.7 cm³/mol. The number of anilines is 1. The van der Waals surface area contributed by atoms with Crippen LogP contribution in [0.25, 0.3) is 11.2 Å². The highest BCUT2D eigenvalue weighted by atomic mass is 32.2. The molecule has 1 saturated heterocycles. The van der Waals surface area contributed by atoms with Gasteiger partial charge in [-0.25, -0.2) is 15.0 Å². The first kappa shape index (κ1) is 18.4. The normalized spacial score (nSPS) is 22.0. The molecule has 138 valence electrons. The Morgan fingerprint density at radius 1 is 1.36 bits per heavy atom. The van der Waals surface area contributed by atoms with E-state index in [0.29, 0.717) is 18.6 Å². The molecule has 0 spiro atoms. The molecule has 0 aliphatic carbocycles. The van der Waals surface area contributed by atoms with Crippen molar-refractivity contribution in [2.24, 2.45) is 11.1 Å². The molecule has 3 N–H and O–H groups in total. The molecule has 0 bridgehead atoms. The van der Waals surface area contributed by atoms with E-state index in [9.17, 15) is 0 Å². The number of aromatic nitrogens is 4. The third-order valence-electron chi connectivity index (χ3n) is 4.28. The Balaban J connectivity index is 1.75. The van der Waals surface area contributed by atoms with E-state index in [0.717, 1.165) is 48.5 Å². The summed E-state index contributed by atoms with van der Waals surface area (Å²) in [4.78, 5) is 13.3. The molecule has 3 rings (SSSR count). The zero-order valence-corrected chi connectivity index (χ0v) is 15.7. The lowest BCUT2D eigenvalue weighted by Gasteiger charge is -2.17. The summed E-state index contributed by atoms with van der Waals surface area (Å²) in [5.74, 6) is 1.39. The van der Waals surface area contributed by atoms with Crippen LogP contribution >= 0.6 is 12.2 Å². The van der Waals surface area contributed by atoms with Crippen molar-refractivity contribution in [3.8, 4) is 0 Å². The highest BCUT2D eigenvalue weighted by Gasteiger charge is 2.28. The molecule has 2 aromatic rings. The Morgan fingerprint density at radius 3 is 2.96 bits per heavy atom. The average Bonchev–Trinajstić information content (AvgIpc) is 3.19. The molecule has 1 aliphatic heterocycles. The summed E-state index contributed by atoms with van der Waals surface area (Å²) in [5, 5.41) is 8.75. The van der Waals surface area contributed by atoms with E-state index in [-0.39, 0.29) is 12.3 Å². The monoisotopic (exact) mass is 366 g/mol. The number of imidazole rings is 1. The quantitative estimate of drug-likeness (QED) is 0.543. The molecule has 0 aromatic carbocycles. The SMILES string of the molecule is CC(C)CC(C)Nc1ncnc2c1ncn2C1CCC(COSN)O1. The lowest BCUT2D eigenvalue weighted by molar-refractivity contribution is -0.0128. The standard InChI is InChI=1S/C16H26N6O2S/c1-10(2)6-11(3)21-15-14-16(19-8-18-15)22(9-20-14)13-5-4-12(24-13)7-23-25-17/h8-13H,4-7,17H2,1-3H3,(H,18,19,21). The number of nitrogens with two attached hydrogens (primary N) is 1. The van der Waals surface area contributed by atoms with Crippen molar-refractivity contribution in [3.63, 3.8) is 0 Å². The highest BCUT2D eigenvalue weighted by Crippen LogP contribution is 2.31. The number of fused-ring (bicyclic) bond motifs is 1. The smallest absolute Gasteiger partial charge is 0.167 e. The van der Waals surface area contributed by atoms with E-state index in [2.05, 4.69) is 41.0 Å². The summed E-state index contributed by atoms with van der Waals surface area (Å²) in [6.07, 6.45) is 6.20. The van der Waals surface area contributed by atoms with Gasteiger partial charge in [0, 0.05) is 6.04 Å². The first-order chi connectivity index (χ1) is 12.1. The third kappa shape index (κ3) is 4.41. The van der Waals surface area contributed by atoms with Gasteiger partial charge in [-0.1, -0.05) is 13.8 Å². The van der Waals surface area contributed by atoms with Gasteiger partial charge in [-0.2, -0.15) is 0 Å². The van der Waals surface area contributed by atoms with Crippen LogP contribution in [-0.4, -0.2) is 38.3 Å². The van der Waals surface area contributed by atoms with E-state index in [4.69, 9.17) is 14.1 Å². The number of nitrogens with zero attached hydrogens (tertiary/aromatic N) is 4. The summed E-state index contributed by atoms with van der Waals surface area (Å²) in [7, 11) is 0. The molecule has 8 nitrogen and oxygen atoms in total. The Labute approximate surface area is 152 Å². The Morgan fingerprint density at radius 2 is 2.20 bits per heavy atom. The Hall–Kier alpha value is -1.42. The summed E-state index contributed by atoms with van der Waals surface area (Å²) in [6.45, 7) is 7.07. The molecule has 1 fully saturated rings. The molecule has 0 amide bonds. The van der Waals surface area contributed by atoms with Crippen LogP contribution in [0.4, 0.5) is 5.82 Å². The van der Waals surface area contributed by atoms with E-state index in [1.54, 1.807) is 12.7 Å². The van der Waals surface area contributed by atoms with E-state index in [1.165, 1.54) is 0 Å². The zero-order valence-electron chi connectivity index (χ0n) is 14.9. The van der Waals surface area contributed by atoms with Gasteiger partial charge in [-0.15, -0.1) is 0 Å². The van der Waals surface area contributed by atoms with Crippen LogP contribution in [0.15, 0.2) is 12.7 Å². The number of ether oxygens (including phenoxy) is 1. The minimum atomic E-state index is -0.0859. The maximum Gasteiger partial charge on any atom is 0.167 e. The maximum absolute atomic E-state index is 6.04. The lowest BCUT2D eigenvalue weighted by atomic mass is 10.1. The van der Waals surface area contributed by atoms with Crippen molar-refractivity contribution in [2.45, 2.75) is 58.4 Å². The van der Waals surface area contributed by atoms with Crippen molar-refractivity contribution >= 4 is 29.2 Å². The van der Waals surface area contributed by atoms with Gasteiger partial charge in [0.25, 0.3) is 0 Å². The molecule has 2 aromatic heterocycles. The molecular weight excluding hydrogens is 340 g/mol. The van der Waals surface area contributed by atoms with Crippen LogP contribution in [0, 0.1) is 5.92 Å². The van der Waals surface area contributed by atoms with Gasteiger partial charge in [-0.05, 0) is 32.1 Å². The number of nitrogens with one attached hydrogen (secondary N) is 1. The average molecular weight is 366 g/mol. The van der Waals surface area contributed by atoms with Gasteiger partial charge in [0.1, 0.15) is 12.6 Å². The summed E-state index contributed by atoms with van der Waals surface area (Å²) < 4.78 is 13.2. The van der Waals surface area contributed by atoms with Crippen LogP contribution in [-0.2, 0) is 8.92 Å². The van der Waals surface area contributed by atoms with Crippen LogP contribution in [0.1, 0.15) is 46.3 Å². The van der Waals surface area contributed by atoms with Crippen molar-refractivity contribution in [2.75, 3.05) is 11.9 Å². The van der Waals surface area contributed by atoms with Gasteiger partial charge >= 0.3 is 0 Å². The molecule has 9 heteroatoms. The van der Waals surface area contributed by atoms with Crippen molar-refractivity contribution in [3.05, 3.63) is 12.7 Å². The zero-order chi connectivity index (χ0) is 17.8. The lowest BCUT2D eigenvalue weighted by Crippen LogP contribution is -2.18. The molecular formula is C16H26N6O2S. The first-order valence-electron chi connectivity index (χ1n) is 8.66.